The molecule has 9 nitrogen and oxygen atoms in total. The summed E-state index contributed by atoms with van der Waals surface area (Å²) >= 11 is 12.8. The van der Waals surface area contributed by atoms with Crippen LogP contribution in [0.4, 0.5) is 0 Å². The Balaban J connectivity index is 1.37. The standard InChI is InChI=1S/C28H24Cl2N4O5/c1-33(15-17-7-4-6-16-5-2-3-8-20(16)17)27(37)21-13-19(9-10-24(21)35)39-26-22(29)11-18(12-23(26)30)34-28(38)32-25(36)14-31-34/h2-3,5,8-14,17,35H,4,6-7,15H2,1H3,(H,32,36,38). The normalized spacial score (nSPS) is 14.5. The van der Waals surface area contributed by atoms with Gasteiger partial charge in [-0.1, -0.05) is 47.5 Å². The predicted octanol–water partition coefficient (Wildman–Crippen LogP) is 4.92. The Hall–Kier alpha value is -4.08. The summed E-state index contributed by atoms with van der Waals surface area (Å²) in [6, 6.07) is 15.4. The SMILES string of the molecule is CN(CC1CCCc2ccccc21)C(=O)c1cc(Oc2c(Cl)cc(-n3ncc(=O)[nH]c3=O)cc2Cl)ccc1O. The number of H-pyrrole nitrogens is 1. The summed E-state index contributed by atoms with van der Waals surface area (Å²) in [4.78, 5) is 40.4. The van der Waals surface area contributed by atoms with Crippen LogP contribution in [0.3, 0.4) is 0 Å². The third-order valence-electron chi connectivity index (χ3n) is 6.69. The maximum Gasteiger partial charge on any atom is 0.349 e. The lowest BCUT2D eigenvalue weighted by molar-refractivity contribution is 0.0780. The minimum Gasteiger partial charge on any atom is -0.507 e. The van der Waals surface area contributed by atoms with Gasteiger partial charge in [-0.05, 0) is 60.7 Å². The fourth-order valence-corrected chi connectivity index (χ4v) is 5.39. The molecule has 1 heterocycles. The van der Waals surface area contributed by atoms with E-state index in [0.29, 0.717) is 6.54 Å². The molecule has 0 radical (unpaired) electrons. The Labute approximate surface area is 233 Å². The van der Waals surface area contributed by atoms with Gasteiger partial charge in [-0.3, -0.25) is 14.6 Å². The van der Waals surface area contributed by atoms with Crippen LogP contribution >= 0.6 is 23.2 Å². The first-order valence-electron chi connectivity index (χ1n) is 12.2. The predicted molar refractivity (Wildman–Crippen MR) is 148 cm³/mol. The number of aromatic hydroxyl groups is 1. The van der Waals surface area contributed by atoms with E-state index in [1.165, 1.54) is 41.5 Å². The number of phenolic OH excluding ortho intramolecular Hbond substituents is 1. The van der Waals surface area contributed by atoms with Gasteiger partial charge in [-0.2, -0.15) is 9.78 Å². The van der Waals surface area contributed by atoms with Gasteiger partial charge in [0.25, 0.3) is 11.5 Å². The number of hydrogen-bond donors (Lipinski definition) is 2. The van der Waals surface area contributed by atoms with Gasteiger partial charge in [-0.25, -0.2) is 4.79 Å². The number of phenols is 1. The van der Waals surface area contributed by atoms with Crippen molar-refractivity contribution >= 4 is 29.1 Å². The van der Waals surface area contributed by atoms with E-state index in [-0.39, 0.29) is 50.4 Å². The number of aromatic amines is 1. The van der Waals surface area contributed by atoms with Crippen LogP contribution in [0.2, 0.25) is 10.0 Å². The van der Waals surface area contributed by atoms with Gasteiger partial charge in [0.15, 0.2) is 5.75 Å². The molecule has 1 amide bonds. The quantitative estimate of drug-likeness (QED) is 0.342. The second-order valence-electron chi connectivity index (χ2n) is 9.34. The molecule has 2 N–H and O–H groups in total. The highest BCUT2D eigenvalue weighted by molar-refractivity contribution is 6.37. The smallest absolute Gasteiger partial charge is 0.349 e. The maximum atomic E-state index is 13.3. The van der Waals surface area contributed by atoms with Gasteiger partial charge < -0.3 is 14.7 Å². The van der Waals surface area contributed by atoms with E-state index in [0.717, 1.165) is 30.1 Å². The Morgan fingerprint density at radius 1 is 1.15 bits per heavy atom. The lowest BCUT2D eigenvalue weighted by Crippen LogP contribution is -2.32. The Morgan fingerprint density at radius 3 is 2.64 bits per heavy atom. The molecule has 4 aromatic rings. The van der Waals surface area contributed by atoms with Crippen molar-refractivity contribution in [1.29, 1.82) is 0 Å². The molecule has 0 fully saturated rings. The first-order chi connectivity index (χ1) is 18.7. The number of carbonyl (C=O) groups excluding carboxylic acids is 1. The average molecular weight is 567 g/mol. The second-order valence-corrected chi connectivity index (χ2v) is 10.2. The number of nitrogens with one attached hydrogen (secondary N) is 1. The van der Waals surface area contributed by atoms with Crippen LogP contribution in [0.15, 0.2) is 70.4 Å². The van der Waals surface area contributed by atoms with Crippen molar-refractivity contribution in [3.05, 3.63) is 108 Å². The van der Waals surface area contributed by atoms with Crippen LogP contribution in [0.5, 0.6) is 17.2 Å². The van der Waals surface area contributed by atoms with Gasteiger partial charge in [0.1, 0.15) is 17.7 Å². The number of nitrogens with zero attached hydrogens (tertiary/aromatic N) is 3. The molecule has 1 aliphatic rings. The number of fused-ring (bicyclic) bond motifs is 1. The number of hydrogen-bond acceptors (Lipinski definition) is 6. The lowest BCUT2D eigenvalue weighted by Gasteiger charge is -2.29. The van der Waals surface area contributed by atoms with Crippen LogP contribution in [-0.2, 0) is 6.42 Å². The molecule has 3 aromatic carbocycles. The first kappa shape index (κ1) is 26.5. The van der Waals surface area contributed by atoms with E-state index >= 15 is 0 Å². The zero-order valence-electron chi connectivity index (χ0n) is 20.9. The van der Waals surface area contributed by atoms with Crippen LogP contribution < -0.4 is 16.0 Å². The summed E-state index contributed by atoms with van der Waals surface area (Å²) < 4.78 is 6.82. The van der Waals surface area contributed by atoms with Crippen LogP contribution in [0, 0.1) is 0 Å². The molecule has 1 unspecified atom stereocenters. The fraction of sp³-hybridized carbons (Fsp3) is 0.214. The van der Waals surface area contributed by atoms with Gasteiger partial charge >= 0.3 is 5.69 Å². The number of aryl methyl sites for hydroxylation is 1. The van der Waals surface area contributed by atoms with Crippen LogP contribution in [0.25, 0.3) is 5.69 Å². The van der Waals surface area contributed by atoms with Gasteiger partial charge in [0, 0.05) is 19.5 Å². The lowest BCUT2D eigenvalue weighted by atomic mass is 9.82. The number of likely N-dealkylation sites (N-methyl/N-ethyl adjacent to an activating group) is 1. The van der Waals surface area contributed by atoms with Crippen molar-refractivity contribution in [2.24, 2.45) is 0 Å². The van der Waals surface area contributed by atoms with E-state index in [1.54, 1.807) is 11.9 Å². The van der Waals surface area contributed by atoms with E-state index in [9.17, 15) is 19.5 Å². The highest BCUT2D eigenvalue weighted by Gasteiger charge is 2.25. The van der Waals surface area contributed by atoms with Crippen molar-refractivity contribution in [2.75, 3.05) is 13.6 Å². The molecular weight excluding hydrogens is 543 g/mol. The second kappa shape index (κ2) is 11.0. The monoisotopic (exact) mass is 566 g/mol. The average Bonchev–Trinajstić information content (AvgIpc) is 2.91. The molecule has 200 valence electrons. The Kier molecular flexibility index (Phi) is 7.45. The Bertz CT molecular complexity index is 1660. The van der Waals surface area contributed by atoms with Crippen molar-refractivity contribution in [1.82, 2.24) is 19.7 Å². The zero-order valence-corrected chi connectivity index (χ0v) is 22.4. The zero-order chi connectivity index (χ0) is 27.7. The fourth-order valence-electron chi connectivity index (χ4n) is 4.83. The molecule has 0 saturated heterocycles. The third-order valence-corrected chi connectivity index (χ3v) is 7.25. The number of aromatic nitrogens is 3. The van der Waals surface area contributed by atoms with E-state index in [1.807, 2.05) is 12.1 Å². The molecule has 0 bridgehead atoms. The number of halogens is 2. The largest absolute Gasteiger partial charge is 0.507 e. The number of amides is 1. The van der Waals surface area contributed by atoms with E-state index in [4.69, 9.17) is 27.9 Å². The minimum atomic E-state index is -0.758. The summed E-state index contributed by atoms with van der Waals surface area (Å²) in [5.74, 6) is -0.0123. The highest BCUT2D eigenvalue weighted by atomic mass is 35.5. The first-order valence-corrected chi connectivity index (χ1v) is 13.0. The molecule has 0 spiro atoms. The van der Waals surface area contributed by atoms with E-state index in [2.05, 4.69) is 22.2 Å². The minimum absolute atomic E-state index is 0.0615. The summed E-state index contributed by atoms with van der Waals surface area (Å²) in [7, 11) is 1.71. The van der Waals surface area contributed by atoms with Crippen molar-refractivity contribution in [3.8, 4) is 22.9 Å². The number of benzene rings is 3. The van der Waals surface area contributed by atoms with Gasteiger partial charge in [-0.15, -0.1) is 0 Å². The van der Waals surface area contributed by atoms with Crippen molar-refractivity contribution in [2.45, 2.75) is 25.2 Å². The third kappa shape index (κ3) is 5.55. The summed E-state index contributed by atoms with van der Waals surface area (Å²) in [5.41, 5.74) is 1.47. The molecule has 0 saturated carbocycles. The molecule has 1 aliphatic carbocycles. The van der Waals surface area contributed by atoms with Crippen LogP contribution in [0.1, 0.15) is 40.2 Å². The molecular formula is C28H24Cl2N4O5. The topological polar surface area (TPSA) is 118 Å². The van der Waals surface area contributed by atoms with Crippen molar-refractivity contribution < 1.29 is 14.6 Å². The summed E-state index contributed by atoms with van der Waals surface area (Å²) in [6.45, 7) is 0.512. The van der Waals surface area contributed by atoms with Crippen molar-refractivity contribution in [3.63, 3.8) is 0 Å². The number of carbonyl (C=O) groups is 1. The Morgan fingerprint density at radius 2 is 1.90 bits per heavy atom. The molecule has 0 aliphatic heterocycles. The maximum absolute atomic E-state index is 13.3. The molecule has 1 aromatic heterocycles. The molecule has 11 heteroatoms. The van der Waals surface area contributed by atoms with E-state index < -0.39 is 11.2 Å². The molecule has 1 atom stereocenters. The number of ether oxygens (including phenoxy) is 1. The van der Waals surface area contributed by atoms with Gasteiger partial charge in [0.05, 0.1) is 21.3 Å². The van der Waals surface area contributed by atoms with Gasteiger partial charge in [0.2, 0.25) is 0 Å². The summed E-state index contributed by atoms with van der Waals surface area (Å²) in [5, 5.41) is 14.4. The van der Waals surface area contributed by atoms with Crippen LogP contribution in [-0.4, -0.2) is 44.3 Å². The number of rotatable bonds is 6. The highest BCUT2D eigenvalue weighted by Crippen LogP contribution is 2.39. The summed E-state index contributed by atoms with van der Waals surface area (Å²) in [6.07, 6.45) is 4.03. The molecule has 39 heavy (non-hydrogen) atoms. The molecule has 5 rings (SSSR count).